The molecule has 0 fully saturated rings. The van der Waals surface area contributed by atoms with E-state index < -0.39 is 0 Å². The summed E-state index contributed by atoms with van der Waals surface area (Å²) in [5, 5.41) is 3.44. The summed E-state index contributed by atoms with van der Waals surface area (Å²) in [6, 6.07) is 14.2. The number of carbonyl (C=O) groups excluding carboxylic acids is 1. The monoisotopic (exact) mass is 297 g/mol. The van der Waals surface area contributed by atoms with Crippen molar-refractivity contribution >= 4 is 35.2 Å². The Kier molecular flexibility index (Phi) is 3.97. The van der Waals surface area contributed by atoms with Crippen LogP contribution < -0.4 is 5.32 Å². The Morgan fingerprint density at radius 2 is 2.00 bits per heavy atom. The fourth-order valence-corrected chi connectivity index (χ4v) is 3.20. The molecule has 21 heavy (non-hydrogen) atoms. The summed E-state index contributed by atoms with van der Waals surface area (Å²) in [5.74, 6) is -0.320. The van der Waals surface area contributed by atoms with Crippen molar-refractivity contribution in [3.63, 3.8) is 0 Å². The van der Waals surface area contributed by atoms with E-state index >= 15 is 0 Å². The van der Waals surface area contributed by atoms with Crippen LogP contribution in [-0.2, 0) is 9.53 Å². The van der Waals surface area contributed by atoms with Crippen molar-refractivity contribution < 1.29 is 9.53 Å². The van der Waals surface area contributed by atoms with Crippen LogP contribution in [-0.4, -0.2) is 12.6 Å². The van der Waals surface area contributed by atoms with Gasteiger partial charge in [-0.05, 0) is 36.8 Å². The van der Waals surface area contributed by atoms with E-state index in [0.29, 0.717) is 6.61 Å². The van der Waals surface area contributed by atoms with Gasteiger partial charge in [-0.3, -0.25) is 0 Å². The maximum atomic E-state index is 11.4. The maximum Gasteiger partial charge on any atom is 0.330 e. The number of nitrogens with one attached hydrogen (secondary N) is 1. The van der Waals surface area contributed by atoms with Crippen LogP contribution in [0, 0.1) is 0 Å². The average molecular weight is 297 g/mol. The molecule has 0 saturated carbocycles. The van der Waals surface area contributed by atoms with Crippen LogP contribution in [0.1, 0.15) is 12.5 Å². The minimum atomic E-state index is -0.320. The number of para-hydroxylation sites is 2. The number of hydrogen-bond donors (Lipinski definition) is 1. The van der Waals surface area contributed by atoms with E-state index in [9.17, 15) is 4.79 Å². The minimum absolute atomic E-state index is 0.320. The Morgan fingerprint density at radius 3 is 2.86 bits per heavy atom. The molecule has 2 aromatic rings. The molecule has 106 valence electrons. The summed E-state index contributed by atoms with van der Waals surface area (Å²) in [7, 11) is 0. The first-order chi connectivity index (χ1) is 10.3. The molecule has 2 aromatic carbocycles. The Balaban J connectivity index is 1.91. The molecule has 0 saturated heterocycles. The van der Waals surface area contributed by atoms with Crippen molar-refractivity contribution in [3.8, 4) is 0 Å². The Hall–Kier alpha value is -2.20. The van der Waals surface area contributed by atoms with E-state index in [4.69, 9.17) is 4.74 Å². The smallest absolute Gasteiger partial charge is 0.330 e. The van der Waals surface area contributed by atoms with Crippen molar-refractivity contribution in [3.05, 3.63) is 54.1 Å². The topological polar surface area (TPSA) is 38.3 Å². The zero-order valence-electron chi connectivity index (χ0n) is 11.6. The van der Waals surface area contributed by atoms with Gasteiger partial charge >= 0.3 is 5.97 Å². The van der Waals surface area contributed by atoms with Crippen LogP contribution in [0.15, 0.2) is 58.3 Å². The molecular formula is C17H15NO2S. The fourth-order valence-electron chi connectivity index (χ4n) is 2.17. The number of esters is 1. The third kappa shape index (κ3) is 2.95. The van der Waals surface area contributed by atoms with Gasteiger partial charge in [-0.25, -0.2) is 4.79 Å². The summed E-state index contributed by atoms with van der Waals surface area (Å²) in [4.78, 5) is 13.8. The van der Waals surface area contributed by atoms with Crippen molar-refractivity contribution in [2.45, 2.75) is 16.7 Å². The number of fused-ring (bicyclic) bond motifs is 2. The molecule has 0 atom stereocenters. The normalized spacial score (nSPS) is 12.4. The highest BCUT2D eigenvalue weighted by Gasteiger charge is 2.16. The van der Waals surface area contributed by atoms with Gasteiger partial charge in [-0.15, -0.1) is 0 Å². The molecule has 0 spiro atoms. The molecule has 1 N–H and O–H groups in total. The molecule has 0 radical (unpaired) electrons. The van der Waals surface area contributed by atoms with Crippen LogP contribution in [0.3, 0.4) is 0 Å². The highest BCUT2D eigenvalue weighted by molar-refractivity contribution is 7.99. The highest BCUT2D eigenvalue weighted by atomic mass is 32.2. The third-order valence-corrected chi connectivity index (χ3v) is 4.25. The average Bonchev–Trinajstić information content (AvgIpc) is 2.51. The summed E-state index contributed by atoms with van der Waals surface area (Å²) < 4.78 is 4.91. The summed E-state index contributed by atoms with van der Waals surface area (Å²) in [6.07, 6.45) is 3.25. The third-order valence-electron chi connectivity index (χ3n) is 3.11. The second kappa shape index (κ2) is 6.06. The standard InChI is InChI=1S/C17H15NO2S/c1-2-20-16(19)11-10-12-6-5-9-15-17(12)18-13-7-3-4-8-14(13)21-15/h3-11,18H,2H2,1H3/b11-10+. The number of ether oxygens (including phenoxy) is 1. The van der Waals surface area contributed by atoms with Gasteiger partial charge < -0.3 is 10.1 Å². The van der Waals surface area contributed by atoms with Crippen molar-refractivity contribution in [2.75, 3.05) is 11.9 Å². The van der Waals surface area contributed by atoms with E-state index in [0.717, 1.165) is 21.8 Å². The van der Waals surface area contributed by atoms with E-state index in [1.54, 1.807) is 24.8 Å². The minimum Gasteiger partial charge on any atom is -0.463 e. The van der Waals surface area contributed by atoms with Crippen LogP contribution in [0.4, 0.5) is 11.4 Å². The zero-order valence-corrected chi connectivity index (χ0v) is 12.4. The predicted octanol–water partition coefficient (Wildman–Crippen LogP) is 4.47. The fraction of sp³-hybridized carbons (Fsp3) is 0.118. The molecule has 3 rings (SSSR count). The second-order valence-corrected chi connectivity index (χ2v) is 5.61. The quantitative estimate of drug-likeness (QED) is 0.572. The van der Waals surface area contributed by atoms with Gasteiger partial charge in [-0.2, -0.15) is 0 Å². The summed E-state index contributed by atoms with van der Waals surface area (Å²) >= 11 is 1.73. The van der Waals surface area contributed by atoms with Gasteiger partial charge in [0.05, 0.1) is 18.0 Å². The Labute approximate surface area is 128 Å². The number of anilines is 2. The molecule has 1 aliphatic rings. The molecule has 0 unspecified atom stereocenters. The first-order valence-corrected chi connectivity index (χ1v) is 7.61. The van der Waals surface area contributed by atoms with Crippen LogP contribution >= 0.6 is 11.8 Å². The number of benzene rings is 2. The molecule has 1 heterocycles. The molecule has 0 aliphatic carbocycles. The van der Waals surface area contributed by atoms with Crippen molar-refractivity contribution in [1.29, 1.82) is 0 Å². The molecule has 1 aliphatic heterocycles. The zero-order chi connectivity index (χ0) is 14.7. The van der Waals surface area contributed by atoms with Gasteiger partial charge in [-0.1, -0.05) is 36.0 Å². The first kappa shape index (κ1) is 13.8. The van der Waals surface area contributed by atoms with E-state index in [-0.39, 0.29) is 5.97 Å². The first-order valence-electron chi connectivity index (χ1n) is 6.79. The number of rotatable bonds is 3. The lowest BCUT2D eigenvalue weighted by Gasteiger charge is -2.22. The predicted molar refractivity (Wildman–Crippen MR) is 86.0 cm³/mol. The lowest BCUT2D eigenvalue weighted by Crippen LogP contribution is -2.02. The van der Waals surface area contributed by atoms with Crippen LogP contribution in [0.5, 0.6) is 0 Å². The lowest BCUT2D eigenvalue weighted by atomic mass is 10.1. The molecule has 3 nitrogen and oxygen atoms in total. The molecule has 0 amide bonds. The maximum absolute atomic E-state index is 11.4. The number of hydrogen-bond acceptors (Lipinski definition) is 4. The summed E-state index contributed by atoms with van der Waals surface area (Å²) in [6.45, 7) is 2.18. The Morgan fingerprint density at radius 1 is 1.19 bits per heavy atom. The van der Waals surface area contributed by atoms with Gasteiger partial charge in [0.1, 0.15) is 0 Å². The van der Waals surface area contributed by atoms with Crippen molar-refractivity contribution in [2.24, 2.45) is 0 Å². The molecular weight excluding hydrogens is 282 g/mol. The Bertz CT molecular complexity index is 710. The van der Waals surface area contributed by atoms with E-state index in [1.807, 2.05) is 24.3 Å². The molecule has 0 aromatic heterocycles. The van der Waals surface area contributed by atoms with Gasteiger partial charge in [0.15, 0.2) is 0 Å². The van der Waals surface area contributed by atoms with E-state index in [1.165, 1.54) is 11.0 Å². The SMILES string of the molecule is CCOC(=O)/C=C/c1cccc2c1Nc1ccccc1S2. The number of carbonyl (C=O) groups is 1. The molecule has 0 bridgehead atoms. The lowest BCUT2D eigenvalue weighted by molar-refractivity contribution is -0.137. The second-order valence-electron chi connectivity index (χ2n) is 4.53. The molecule has 4 heteroatoms. The van der Waals surface area contributed by atoms with Gasteiger partial charge in [0.25, 0.3) is 0 Å². The van der Waals surface area contributed by atoms with Crippen LogP contribution in [0.25, 0.3) is 6.08 Å². The van der Waals surface area contributed by atoms with E-state index in [2.05, 4.69) is 23.5 Å². The summed E-state index contributed by atoms with van der Waals surface area (Å²) in [5.41, 5.74) is 3.09. The highest BCUT2D eigenvalue weighted by Crippen LogP contribution is 2.45. The largest absolute Gasteiger partial charge is 0.463 e. The van der Waals surface area contributed by atoms with Gasteiger partial charge in [0, 0.05) is 15.9 Å². The van der Waals surface area contributed by atoms with Crippen LogP contribution in [0.2, 0.25) is 0 Å². The van der Waals surface area contributed by atoms with Gasteiger partial charge in [0.2, 0.25) is 0 Å². The van der Waals surface area contributed by atoms with Crippen molar-refractivity contribution in [1.82, 2.24) is 0 Å².